The zero-order valence-corrected chi connectivity index (χ0v) is 18.6. The summed E-state index contributed by atoms with van der Waals surface area (Å²) in [5.74, 6) is 0.985. The van der Waals surface area contributed by atoms with E-state index in [1.54, 1.807) is 18.3 Å². The Morgan fingerprint density at radius 3 is 2.75 bits per heavy atom. The highest BCUT2D eigenvalue weighted by molar-refractivity contribution is 9.10. The molecule has 0 atom stereocenters. The SMILES string of the molecule is CCCc1nc2ccc(Br)cc2c(=O)n1N=Cc1cc(OCC)c(O)cc1Br. The quantitative estimate of drug-likeness (QED) is 0.482. The molecule has 0 unspecified atom stereocenters. The average Bonchev–Trinajstić information content (AvgIpc) is 2.65. The van der Waals surface area contributed by atoms with Crippen molar-refractivity contribution in [2.45, 2.75) is 26.7 Å². The summed E-state index contributed by atoms with van der Waals surface area (Å²) in [7, 11) is 0. The van der Waals surface area contributed by atoms with Crippen LogP contribution in [0.3, 0.4) is 0 Å². The van der Waals surface area contributed by atoms with Crippen molar-refractivity contribution in [3.63, 3.8) is 0 Å². The Hall–Kier alpha value is -2.19. The van der Waals surface area contributed by atoms with Crippen molar-refractivity contribution in [1.29, 1.82) is 0 Å². The molecule has 0 aliphatic carbocycles. The topological polar surface area (TPSA) is 76.7 Å². The molecule has 3 rings (SSSR count). The average molecular weight is 509 g/mol. The van der Waals surface area contributed by atoms with Crippen LogP contribution in [0.5, 0.6) is 11.5 Å². The number of phenolic OH excluding ortho intramolecular Hbond substituents is 1. The lowest BCUT2D eigenvalue weighted by molar-refractivity contribution is 0.318. The van der Waals surface area contributed by atoms with Gasteiger partial charge >= 0.3 is 0 Å². The predicted molar refractivity (Wildman–Crippen MR) is 118 cm³/mol. The summed E-state index contributed by atoms with van der Waals surface area (Å²) in [6.07, 6.45) is 3.01. The Morgan fingerprint density at radius 1 is 1.25 bits per heavy atom. The number of aromatic hydroxyl groups is 1. The number of aromatic nitrogens is 2. The molecule has 1 N–H and O–H groups in total. The molecule has 1 aromatic heterocycles. The maximum Gasteiger partial charge on any atom is 0.282 e. The molecule has 0 amide bonds. The fraction of sp³-hybridized carbons (Fsp3) is 0.250. The number of hydrogen-bond donors (Lipinski definition) is 1. The third kappa shape index (κ3) is 4.28. The normalized spacial score (nSPS) is 11.4. The molecule has 3 aromatic rings. The van der Waals surface area contributed by atoms with Crippen LogP contribution in [-0.2, 0) is 6.42 Å². The largest absolute Gasteiger partial charge is 0.504 e. The van der Waals surface area contributed by atoms with E-state index in [1.807, 2.05) is 26.0 Å². The Morgan fingerprint density at radius 2 is 2.04 bits per heavy atom. The molecule has 0 fully saturated rings. The molecular formula is C20H19Br2N3O3. The molecule has 0 spiro atoms. The highest BCUT2D eigenvalue weighted by Crippen LogP contribution is 2.32. The van der Waals surface area contributed by atoms with Crippen LogP contribution in [0.15, 0.2) is 49.2 Å². The molecule has 0 bridgehead atoms. The highest BCUT2D eigenvalue weighted by atomic mass is 79.9. The van der Waals surface area contributed by atoms with Crippen molar-refractivity contribution in [1.82, 2.24) is 9.66 Å². The van der Waals surface area contributed by atoms with Gasteiger partial charge in [-0.15, -0.1) is 0 Å². The van der Waals surface area contributed by atoms with Gasteiger partial charge in [0, 0.05) is 20.9 Å². The lowest BCUT2D eigenvalue weighted by atomic mass is 10.2. The number of ether oxygens (including phenoxy) is 1. The van der Waals surface area contributed by atoms with Gasteiger partial charge in [-0.1, -0.05) is 22.9 Å². The van der Waals surface area contributed by atoms with E-state index >= 15 is 0 Å². The summed E-state index contributed by atoms with van der Waals surface area (Å²) in [6.45, 7) is 4.29. The number of halogens is 2. The highest BCUT2D eigenvalue weighted by Gasteiger charge is 2.12. The van der Waals surface area contributed by atoms with E-state index in [0.717, 1.165) is 10.9 Å². The third-order valence-electron chi connectivity index (χ3n) is 4.04. The van der Waals surface area contributed by atoms with Gasteiger partial charge in [0.15, 0.2) is 11.5 Å². The number of aryl methyl sites for hydroxylation is 1. The van der Waals surface area contributed by atoms with E-state index in [9.17, 15) is 9.90 Å². The van der Waals surface area contributed by atoms with Crippen LogP contribution in [0, 0.1) is 0 Å². The van der Waals surface area contributed by atoms with Crippen molar-refractivity contribution >= 4 is 49.0 Å². The molecule has 0 saturated heterocycles. The number of rotatable bonds is 6. The smallest absolute Gasteiger partial charge is 0.282 e. The van der Waals surface area contributed by atoms with Crippen LogP contribution in [0.25, 0.3) is 10.9 Å². The van der Waals surface area contributed by atoms with Gasteiger partial charge in [0.1, 0.15) is 5.82 Å². The first-order valence-electron chi connectivity index (χ1n) is 8.85. The fourth-order valence-corrected chi connectivity index (χ4v) is 3.54. The van der Waals surface area contributed by atoms with Crippen molar-refractivity contribution in [2.24, 2.45) is 5.10 Å². The van der Waals surface area contributed by atoms with E-state index < -0.39 is 0 Å². The van der Waals surface area contributed by atoms with Crippen molar-refractivity contribution in [3.8, 4) is 11.5 Å². The number of nitrogens with zero attached hydrogens (tertiary/aromatic N) is 3. The maximum atomic E-state index is 13.0. The van der Waals surface area contributed by atoms with Gasteiger partial charge in [0.25, 0.3) is 5.56 Å². The van der Waals surface area contributed by atoms with E-state index in [1.165, 1.54) is 10.7 Å². The van der Waals surface area contributed by atoms with Gasteiger partial charge in [0.2, 0.25) is 0 Å². The van der Waals surface area contributed by atoms with Gasteiger partial charge < -0.3 is 9.84 Å². The summed E-state index contributed by atoms with van der Waals surface area (Å²) in [5, 5.41) is 14.9. The van der Waals surface area contributed by atoms with Gasteiger partial charge in [-0.25, -0.2) is 4.98 Å². The second-order valence-corrected chi connectivity index (χ2v) is 7.85. The minimum absolute atomic E-state index is 0.0342. The number of benzene rings is 2. The molecule has 1 heterocycles. The van der Waals surface area contributed by atoms with Crippen molar-refractivity contribution in [3.05, 3.63) is 61.0 Å². The Balaban J connectivity index is 2.13. The third-order valence-corrected chi connectivity index (χ3v) is 5.22. The van der Waals surface area contributed by atoms with E-state index in [0.29, 0.717) is 45.5 Å². The molecule has 0 radical (unpaired) electrons. The molecule has 146 valence electrons. The van der Waals surface area contributed by atoms with Crippen LogP contribution in [-0.4, -0.2) is 27.6 Å². The van der Waals surface area contributed by atoms with Gasteiger partial charge in [-0.2, -0.15) is 9.78 Å². The summed E-state index contributed by atoms with van der Waals surface area (Å²) < 4.78 is 8.20. The van der Waals surface area contributed by atoms with Gasteiger partial charge in [-0.3, -0.25) is 4.79 Å². The first-order chi connectivity index (χ1) is 13.4. The summed E-state index contributed by atoms with van der Waals surface area (Å²) in [5.41, 5.74) is 1.09. The van der Waals surface area contributed by atoms with Gasteiger partial charge in [-0.05, 0) is 59.6 Å². The fourth-order valence-electron chi connectivity index (χ4n) is 2.75. The molecule has 28 heavy (non-hydrogen) atoms. The Bertz CT molecular complexity index is 1110. The van der Waals surface area contributed by atoms with Crippen LogP contribution >= 0.6 is 31.9 Å². The Labute approximate surface area is 179 Å². The second-order valence-electron chi connectivity index (χ2n) is 6.08. The molecule has 0 saturated carbocycles. The second kappa shape index (κ2) is 8.87. The number of hydrogen-bond acceptors (Lipinski definition) is 5. The minimum atomic E-state index is -0.231. The zero-order valence-electron chi connectivity index (χ0n) is 15.4. The predicted octanol–water partition coefficient (Wildman–Crippen LogP) is 4.86. The maximum absolute atomic E-state index is 13.0. The van der Waals surface area contributed by atoms with Crippen LogP contribution < -0.4 is 10.3 Å². The molecule has 6 nitrogen and oxygen atoms in total. The van der Waals surface area contributed by atoms with Crippen LogP contribution in [0.4, 0.5) is 0 Å². The van der Waals surface area contributed by atoms with Crippen molar-refractivity contribution in [2.75, 3.05) is 6.61 Å². The summed E-state index contributed by atoms with van der Waals surface area (Å²) in [4.78, 5) is 17.6. The minimum Gasteiger partial charge on any atom is -0.504 e. The summed E-state index contributed by atoms with van der Waals surface area (Å²) in [6, 6.07) is 8.63. The molecule has 8 heteroatoms. The van der Waals surface area contributed by atoms with E-state index in [-0.39, 0.29) is 11.3 Å². The standard InChI is InChI=1S/C20H19Br2N3O3/c1-3-5-19-24-16-7-6-13(21)9-14(16)20(27)25(19)23-11-12-8-18(28-4-2)17(26)10-15(12)22/h6-11,26H,3-5H2,1-2H3. The first kappa shape index (κ1) is 20.5. The first-order valence-corrected chi connectivity index (χ1v) is 10.4. The lowest BCUT2D eigenvalue weighted by Gasteiger charge is -2.10. The molecule has 0 aliphatic heterocycles. The van der Waals surface area contributed by atoms with Crippen LogP contribution in [0.2, 0.25) is 0 Å². The molecule has 2 aromatic carbocycles. The summed E-state index contributed by atoms with van der Waals surface area (Å²) >= 11 is 6.80. The zero-order chi connectivity index (χ0) is 20.3. The number of phenols is 1. The molecule has 0 aliphatic rings. The van der Waals surface area contributed by atoms with E-state index in [4.69, 9.17) is 4.74 Å². The van der Waals surface area contributed by atoms with Crippen LogP contribution in [0.1, 0.15) is 31.7 Å². The van der Waals surface area contributed by atoms with E-state index in [2.05, 4.69) is 41.9 Å². The van der Waals surface area contributed by atoms with Crippen molar-refractivity contribution < 1.29 is 9.84 Å². The lowest BCUT2D eigenvalue weighted by Crippen LogP contribution is -2.22. The molecular weight excluding hydrogens is 490 g/mol. The Kier molecular flexibility index (Phi) is 6.51. The number of fused-ring (bicyclic) bond motifs is 1. The monoisotopic (exact) mass is 507 g/mol. The van der Waals surface area contributed by atoms with Gasteiger partial charge in [0.05, 0.1) is 23.7 Å².